The van der Waals surface area contributed by atoms with E-state index in [0.29, 0.717) is 17.9 Å². The van der Waals surface area contributed by atoms with Crippen molar-refractivity contribution in [1.29, 1.82) is 0 Å². The van der Waals surface area contributed by atoms with E-state index in [2.05, 4.69) is 29.2 Å². The van der Waals surface area contributed by atoms with Crippen molar-refractivity contribution in [3.8, 4) is 5.75 Å². The van der Waals surface area contributed by atoms with Crippen LogP contribution >= 0.6 is 0 Å². The van der Waals surface area contributed by atoms with E-state index in [1.165, 1.54) is 18.1 Å². The summed E-state index contributed by atoms with van der Waals surface area (Å²) in [7, 11) is 0. The highest BCUT2D eigenvalue weighted by Gasteiger charge is 2.18. The Hall–Kier alpha value is -2.17. The second-order valence-corrected chi connectivity index (χ2v) is 6.30. The van der Waals surface area contributed by atoms with Crippen molar-refractivity contribution >= 4 is 5.78 Å². The number of ether oxygens (including phenoxy) is 1. The first-order valence-corrected chi connectivity index (χ1v) is 8.33. The molecule has 2 aromatic carbocycles. The SMILES string of the molecule is CC(=O)c1cccc(OC[C@@H](O)CN2CCc3ccccc3C2)c1. The Morgan fingerprint density at radius 2 is 2.00 bits per heavy atom. The third-order valence-corrected chi connectivity index (χ3v) is 4.36. The Kier molecular flexibility index (Phi) is 5.28. The van der Waals surface area contributed by atoms with Crippen LogP contribution in [0.25, 0.3) is 0 Å². The Morgan fingerprint density at radius 1 is 1.21 bits per heavy atom. The van der Waals surface area contributed by atoms with Crippen LogP contribution in [0.5, 0.6) is 5.75 Å². The molecule has 24 heavy (non-hydrogen) atoms. The van der Waals surface area contributed by atoms with Crippen molar-refractivity contribution in [2.45, 2.75) is 26.0 Å². The minimum Gasteiger partial charge on any atom is -0.491 e. The molecule has 2 aromatic rings. The van der Waals surface area contributed by atoms with E-state index in [1.54, 1.807) is 24.3 Å². The van der Waals surface area contributed by atoms with Gasteiger partial charge in [0.25, 0.3) is 0 Å². The number of nitrogens with zero attached hydrogens (tertiary/aromatic N) is 1. The zero-order valence-electron chi connectivity index (χ0n) is 13.9. The third kappa shape index (κ3) is 4.22. The molecule has 4 heteroatoms. The van der Waals surface area contributed by atoms with Gasteiger partial charge in [-0.2, -0.15) is 0 Å². The fourth-order valence-electron chi connectivity index (χ4n) is 3.06. The van der Waals surface area contributed by atoms with Crippen LogP contribution < -0.4 is 4.74 Å². The fraction of sp³-hybridized carbons (Fsp3) is 0.350. The lowest BCUT2D eigenvalue weighted by Crippen LogP contribution is -2.38. The summed E-state index contributed by atoms with van der Waals surface area (Å²) in [6.45, 7) is 4.16. The summed E-state index contributed by atoms with van der Waals surface area (Å²) in [5, 5.41) is 10.3. The highest BCUT2D eigenvalue weighted by atomic mass is 16.5. The summed E-state index contributed by atoms with van der Waals surface area (Å²) in [5.41, 5.74) is 3.36. The van der Waals surface area contributed by atoms with Crippen molar-refractivity contribution in [1.82, 2.24) is 4.90 Å². The van der Waals surface area contributed by atoms with Gasteiger partial charge < -0.3 is 9.84 Å². The molecule has 1 atom stereocenters. The van der Waals surface area contributed by atoms with Crippen LogP contribution in [0.3, 0.4) is 0 Å². The Balaban J connectivity index is 1.51. The van der Waals surface area contributed by atoms with E-state index in [-0.39, 0.29) is 12.4 Å². The third-order valence-electron chi connectivity index (χ3n) is 4.36. The molecule has 0 radical (unpaired) electrons. The smallest absolute Gasteiger partial charge is 0.159 e. The zero-order valence-corrected chi connectivity index (χ0v) is 13.9. The molecular weight excluding hydrogens is 302 g/mol. The number of benzene rings is 2. The summed E-state index contributed by atoms with van der Waals surface area (Å²) in [6.07, 6.45) is 0.459. The van der Waals surface area contributed by atoms with Gasteiger partial charge in [0, 0.05) is 25.2 Å². The van der Waals surface area contributed by atoms with Crippen LogP contribution in [0.1, 0.15) is 28.4 Å². The van der Waals surface area contributed by atoms with E-state index in [9.17, 15) is 9.90 Å². The number of Topliss-reactive ketones (excluding diaryl/α,β-unsaturated/α-hetero) is 1. The number of carbonyl (C=O) groups excluding carboxylic acids is 1. The number of ketones is 1. The van der Waals surface area contributed by atoms with Crippen molar-refractivity contribution in [2.75, 3.05) is 19.7 Å². The Bertz CT molecular complexity index is 714. The van der Waals surface area contributed by atoms with Gasteiger partial charge in [-0.1, -0.05) is 36.4 Å². The Labute approximate surface area is 142 Å². The van der Waals surface area contributed by atoms with Crippen LogP contribution in [0, 0.1) is 0 Å². The van der Waals surface area contributed by atoms with Crippen LogP contribution in [0.15, 0.2) is 48.5 Å². The molecule has 1 N–H and O–H groups in total. The van der Waals surface area contributed by atoms with Crippen LogP contribution in [0.2, 0.25) is 0 Å². The molecule has 0 aromatic heterocycles. The van der Waals surface area contributed by atoms with Crippen LogP contribution in [-0.2, 0) is 13.0 Å². The van der Waals surface area contributed by atoms with Gasteiger partial charge in [0.2, 0.25) is 0 Å². The summed E-state index contributed by atoms with van der Waals surface area (Å²) < 4.78 is 5.64. The molecule has 0 aliphatic carbocycles. The standard InChI is InChI=1S/C20H23NO3/c1-15(22)17-7-4-8-20(11-17)24-14-19(23)13-21-10-9-16-5-2-3-6-18(16)12-21/h2-8,11,19,23H,9-10,12-14H2,1H3/t19-/m0/s1. The average molecular weight is 325 g/mol. The fourth-order valence-corrected chi connectivity index (χ4v) is 3.06. The van der Waals surface area contributed by atoms with Crippen molar-refractivity contribution in [3.63, 3.8) is 0 Å². The van der Waals surface area contributed by atoms with E-state index in [4.69, 9.17) is 4.74 Å². The largest absolute Gasteiger partial charge is 0.491 e. The minimum absolute atomic E-state index is 0.00739. The molecule has 1 aliphatic rings. The number of fused-ring (bicyclic) bond motifs is 1. The lowest BCUT2D eigenvalue weighted by molar-refractivity contribution is 0.0637. The Morgan fingerprint density at radius 3 is 2.79 bits per heavy atom. The molecule has 4 nitrogen and oxygen atoms in total. The lowest BCUT2D eigenvalue weighted by Gasteiger charge is -2.30. The summed E-state index contributed by atoms with van der Waals surface area (Å²) >= 11 is 0. The second-order valence-electron chi connectivity index (χ2n) is 6.30. The predicted molar refractivity (Wildman–Crippen MR) is 93.4 cm³/mol. The van der Waals surface area contributed by atoms with Gasteiger partial charge in [0.15, 0.2) is 5.78 Å². The molecule has 0 spiro atoms. The molecule has 0 saturated carbocycles. The first-order valence-electron chi connectivity index (χ1n) is 8.33. The zero-order chi connectivity index (χ0) is 16.9. The summed E-state index contributed by atoms with van der Waals surface area (Å²) in [6, 6.07) is 15.5. The maximum atomic E-state index is 11.4. The average Bonchev–Trinajstić information content (AvgIpc) is 2.60. The van der Waals surface area contributed by atoms with Crippen molar-refractivity contribution < 1.29 is 14.6 Å². The number of aliphatic hydroxyl groups is 1. The molecular formula is C20H23NO3. The topological polar surface area (TPSA) is 49.8 Å². The molecule has 0 amide bonds. The second kappa shape index (κ2) is 7.60. The molecule has 0 bridgehead atoms. The molecule has 126 valence electrons. The van der Waals surface area contributed by atoms with Crippen molar-refractivity contribution in [3.05, 3.63) is 65.2 Å². The molecule has 0 saturated heterocycles. The highest BCUT2D eigenvalue weighted by Crippen LogP contribution is 2.19. The van der Waals surface area contributed by atoms with Gasteiger partial charge in [-0.25, -0.2) is 0 Å². The summed E-state index contributed by atoms with van der Waals surface area (Å²) in [4.78, 5) is 13.6. The van der Waals surface area contributed by atoms with Crippen LogP contribution in [-0.4, -0.2) is 41.6 Å². The van der Waals surface area contributed by atoms with Crippen LogP contribution in [0.4, 0.5) is 0 Å². The first-order chi connectivity index (χ1) is 11.6. The van der Waals surface area contributed by atoms with Gasteiger partial charge >= 0.3 is 0 Å². The number of aliphatic hydroxyl groups excluding tert-OH is 1. The number of rotatable bonds is 6. The lowest BCUT2D eigenvalue weighted by atomic mass is 10.00. The molecule has 0 unspecified atom stereocenters. The monoisotopic (exact) mass is 325 g/mol. The first kappa shape index (κ1) is 16.7. The van der Waals surface area contributed by atoms with E-state index >= 15 is 0 Å². The summed E-state index contributed by atoms with van der Waals surface area (Å²) in [5.74, 6) is 0.624. The van der Waals surface area contributed by atoms with Crippen molar-refractivity contribution in [2.24, 2.45) is 0 Å². The maximum absolute atomic E-state index is 11.4. The van der Waals surface area contributed by atoms with E-state index < -0.39 is 6.10 Å². The minimum atomic E-state index is -0.559. The maximum Gasteiger partial charge on any atom is 0.159 e. The molecule has 3 rings (SSSR count). The van der Waals surface area contributed by atoms with E-state index in [0.717, 1.165) is 19.5 Å². The van der Waals surface area contributed by atoms with Gasteiger partial charge in [-0.3, -0.25) is 9.69 Å². The number of hydrogen-bond donors (Lipinski definition) is 1. The number of β-amino-alcohol motifs (C(OH)–C–C–N with tert-alkyl or cyclic N) is 1. The van der Waals surface area contributed by atoms with E-state index in [1.807, 2.05) is 0 Å². The predicted octanol–water partition coefficient (Wildman–Crippen LogP) is 2.69. The van der Waals surface area contributed by atoms with Gasteiger partial charge in [-0.15, -0.1) is 0 Å². The molecule has 0 fully saturated rings. The van der Waals surface area contributed by atoms with Gasteiger partial charge in [-0.05, 0) is 36.6 Å². The quantitative estimate of drug-likeness (QED) is 0.830. The van der Waals surface area contributed by atoms with Gasteiger partial charge in [0.1, 0.15) is 18.5 Å². The number of carbonyl (C=O) groups is 1. The highest BCUT2D eigenvalue weighted by molar-refractivity contribution is 5.94. The van der Waals surface area contributed by atoms with Gasteiger partial charge in [0.05, 0.1) is 0 Å². The normalized spacial score (nSPS) is 15.6. The molecule has 1 heterocycles. The molecule has 1 aliphatic heterocycles. The number of hydrogen-bond acceptors (Lipinski definition) is 4.